The molecule has 122 valence electrons. The largest absolute Gasteiger partial charge is 0.466 e. The molecule has 1 aromatic rings. The summed E-state index contributed by atoms with van der Waals surface area (Å²) in [6, 6.07) is 4.11. The van der Waals surface area contributed by atoms with Crippen molar-refractivity contribution in [3.8, 4) is 0 Å². The van der Waals surface area contributed by atoms with Gasteiger partial charge in [0.05, 0.1) is 24.9 Å². The van der Waals surface area contributed by atoms with E-state index in [9.17, 15) is 9.59 Å². The summed E-state index contributed by atoms with van der Waals surface area (Å²) in [5.41, 5.74) is 0.626. The number of ether oxygens (including phenoxy) is 2. The molecule has 2 bridgehead atoms. The third-order valence-corrected chi connectivity index (χ3v) is 6.98. The maximum atomic E-state index is 12.2. The number of esters is 2. The number of carbonyl (C=O) groups excluding carboxylic acids is 2. The smallest absolute Gasteiger partial charge is 0.345 e. The molecule has 0 spiro atoms. The van der Waals surface area contributed by atoms with Crippen LogP contribution in [0.25, 0.3) is 0 Å². The summed E-state index contributed by atoms with van der Waals surface area (Å²) >= 11 is 1.73. The van der Waals surface area contributed by atoms with E-state index in [1.165, 1.54) is 7.11 Å². The summed E-state index contributed by atoms with van der Waals surface area (Å²) in [5, 5.41) is 1.34. The minimum absolute atomic E-state index is 0.0187. The average Bonchev–Trinajstić information content (AvgIpc) is 3.23. The number of hydrogen-bond donors (Lipinski definition) is 0. The molecule has 0 radical (unpaired) electrons. The van der Waals surface area contributed by atoms with Gasteiger partial charge in [0.15, 0.2) is 12.2 Å². The number of carbonyl (C=O) groups is 2. The van der Waals surface area contributed by atoms with Crippen molar-refractivity contribution in [1.82, 2.24) is 0 Å². The fourth-order valence-corrected chi connectivity index (χ4v) is 6.41. The molecule has 2 saturated carbocycles. The van der Waals surface area contributed by atoms with E-state index in [4.69, 9.17) is 9.47 Å². The van der Waals surface area contributed by atoms with Gasteiger partial charge < -0.3 is 9.47 Å². The highest BCUT2D eigenvalue weighted by Gasteiger charge is 2.63. The number of pyridine rings is 1. The van der Waals surface area contributed by atoms with E-state index in [0.717, 1.165) is 17.9 Å². The molecule has 2 heterocycles. The predicted molar refractivity (Wildman–Crippen MR) is 83.0 cm³/mol. The van der Waals surface area contributed by atoms with Crippen molar-refractivity contribution >= 4 is 23.7 Å². The molecule has 23 heavy (non-hydrogen) atoms. The number of nitrogens with zero attached hydrogens (tertiary/aromatic N) is 1. The number of aromatic nitrogens is 1. The zero-order valence-corrected chi connectivity index (χ0v) is 14.0. The summed E-state index contributed by atoms with van der Waals surface area (Å²) in [6.07, 6.45) is 4.04. The van der Waals surface area contributed by atoms with Crippen LogP contribution in [0.2, 0.25) is 0 Å². The third-order valence-electron chi connectivity index (χ3n) is 5.43. The van der Waals surface area contributed by atoms with Gasteiger partial charge in [-0.15, -0.1) is 0 Å². The summed E-state index contributed by atoms with van der Waals surface area (Å²) < 4.78 is 12.4. The van der Waals surface area contributed by atoms with Crippen molar-refractivity contribution in [2.75, 3.05) is 13.7 Å². The molecular formula is C17H20NO4S+. The maximum absolute atomic E-state index is 12.2. The first-order valence-electron chi connectivity index (χ1n) is 8.11. The molecule has 1 aromatic heterocycles. The van der Waals surface area contributed by atoms with E-state index >= 15 is 0 Å². The molecule has 1 aliphatic heterocycles. The lowest BCUT2D eigenvalue weighted by molar-refractivity contribution is -0.756. The van der Waals surface area contributed by atoms with E-state index in [1.54, 1.807) is 11.8 Å². The molecule has 6 heteroatoms. The second-order valence-electron chi connectivity index (χ2n) is 6.45. The first kappa shape index (κ1) is 15.0. The molecule has 0 aromatic carbocycles. The van der Waals surface area contributed by atoms with Gasteiger partial charge in [0.25, 0.3) is 5.03 Å². The Balaban J connectivity index is 1.65. The van der Waals surface area contributed by atoms with E-state index < -0.39 is 0 Å². The minimum Gasteiger partial charge on any atom is -0.466 e. The molecule has 2 fully saturated rings. The number of fused-ring (bicyclic) bond motifs is 7. The summed E-state index contributed by atoms with van der Waals surface area (Å²) in [4.78, 5) is 24.2. The van der Waals surface area contributed by atoms with Crippen molar-refractivity contribution in [2.24, 2.45) is 17.8 Å². The fourth-order valence-electron chi connectivity index (χ4n) is 4.60. The van der Waals surface area contributed by atoms with Crippen molar-refractivity contribution < 1.29 is 23.6 Å². The standard InChI is InChI=1S/C17H20NO4S/c1-3-22-17(20)12-8-9-7-11(12)14-13(9)18-6-4-5-10(15(18)23-14)16(19)21-2/h4-6,9,11-14H,3,7-8H2,1-2H3/q+1/t9-,11-,12-,13+,14-/m1/s1. The van der Waals surface area contributed by atoms with Crippen molar-refractivity contribution in [2.45, 2.75) is 36.1 Å². The zero-order valence-electron chi connectivity index (χ0n) is 13.2. The Hall–Kier alpha value is -1.56. The molecule has 2 aliphatic carbocycles. The molecule has 0 unspecified atom stereocenters. The first-order valence-corrected chi connectivity index (χ1v) is 8.99. The molecule has 0 N–H and O–H groups in total. The Labute approximate surface area is 139 Å². The number of methoxy groups -OCH3 is 1. The lowest BCUT2D eigenvalue weighted by atomic mass is 9.85. The van der Waals surface area contributed by atoms with Gasteiger partial charge in [-0.2, -0.15) is 4.57 Å². The summed E-state index contributed by atoms with van der Waals surface area (Å²) in [5.74, 6) is 0.514. The highest BCUT2D eigenvalue weighted by molar-refractivity contribution is 8.00. The van der Waals surface area contributed by atoms with Gasteiger partial charge in [0, 0.05) is 12.0 Å². The first-order chi connectivity index (χ1) is 11.2. The van der Waals surface area contributed by atoms with Crippen molar-refractivity contribution in [3.05, 3.63) is 23.9 Å². The molecule has 5 atom stereocenters. The van der Waals surface area contributed by atoms with E-state index in [0.29, 0.717) is 35.3 Å². The van der Waals surface area contributed by atoms with Gasteiger partial charge in [0.2, 0.25) is 0 Å². The van der Waals surface area contributed by atoms with Gasteiger partial charge in [-0.1, -0.05) is 0 Å². The molecule has 4 rings (SSSR count). The lowest BCUT2D eigenvalue weighted by Crippen LogP contribution is -2.46. The Kier molecular flexibility index (Phi) is 3.59. The van der Waals surface area contributed by atoms with Crippen LogP contribution in [0.5, 0.6) is 0 Å². The van der Waals surface area contributed by atoms with Crippen LogP contribution >= 0.6 is 11.8 Å². The monoisotopic (exact) mass is 334 g/mol. The predicted octanol–water partition coefficient (Wildman–Crippen LogP) is 2.00. The van der Waals surface area contributed by atoms with E-state index in [1.807, 2.05) is 19.1 Å². The third kappa shape index (κ3) is 2.11. The lowest BCUT2D eigenvalue weighted by Gasteiger charge is -2.25. The number of rotatable bonds is 3. The molecule has 5 nitrogen and oxygen atoms in total. The average molecular weight is 334 g/mol. The van der Waals surface area contributed by atoms with Crippen molar-refractivity contribution in [1.29, 1.82) is 0 Å². The van der Waals surface area contributed by atoms with E-state index in [-0.39, 0.29) is 17.9 Å². The van der Waals surface area contributed by atoms with Crippen LogP contribution in [-0.4, -0.2) is 30.9 Å². The zero-order chi connectivity index (χ0) is 16.1. The molecule has 0 saturated heterocycles. The van der Waals surface area contributed by atoms with Gasteiger partial charge in [-0.3, -0.25) is 4.79 Å². The quantitative estimate of drug-likeness (QED) is 0.625. The van der Waals surface area contributed by atoms with Crippen LogP contribution in [0.1, 0.15) is 36.2 Å². The van der Waals surface area contributed by atoms with Crippen LogP contribution in [0.4, 0.5) is 0 Å². The Morgan fingerprint density at radius 1 is 1.39 bits per heavy atom. The van der Waals surface area contributed by atoms with Crippen LogP contribution in [-0.2, 0) is 14.3 Å². The normalized spacial score (nSPS) is 33.2. The molecular weight excluding hydrogens is 314 g/mol. The van der Waals surface area contributed by atoms with Gasteiger partial charge in [-0.25, -0.2) is 4.79 Å². The Morgan fingerprint density at radius 2 is 2.22 bits per heavy atom. The topological polar surface area (TPSA) is 56.5 Å². The van der Waals surface area contributed by atoms with Crippen LogP contribution in [0, 0.1) is 17.8 Å². The second kappa shape index (κ2) is 5.51. The highest BCUT2D eigenvalue weighted by atomic mass is 32.2. The van der Waals surface area contributed by atoms with Crippen LogP contribution < -0.4 is 4.57 Å². The van der Waals surface area contributed by atoms with Crippen LogP contribution in [0.3, 0.4) is 0 Å². The number of hydrogen-bond acceptors (Lipinski definition) is 5. The number of thioether (sulfide) groups is 1. The Morgan fingerprint density at radius 3 is 2.96 bits per heavy atom. The SMILES string of the molecule is CCOC(=O)[C@@H]1C[C@H]2C[C@H]1[C@H]1Sc3c(C(=O)OC)ccc[n+]3[C@@H]21. The van der Waals surface area contributed by atoms with E-state index in [2.05, 4.69) is 10.8 Å². The van der Waals surface area contributed by atoms with Crippen LogP contribution in [0.15, 0.2) is 23.4 Å². The van der Waals surface area contributed by atoms with Gasteiger partial charge in [-0.05, 0) is 43.5 Å². The van der Waals surface area contributed by atoms with Gasteiger partial charge in [0.1, 0.15) is 5.56 Å². The molecule has 3 aliphatic rings. The highest BCUT2D eigenvalue weighted by Crippen LogP contribution is 2.60. The second-order valence-corrected chi connectivity index (χ2v) is 7.62. The summed E-state index contributed by atoms with van der Waals surface area (Å²) in [6.45, 7) is 2.29. The summed E-state index contributed by atoms with van der Waals surface area (Å²) in [7, 11) is 1.41. The maximum Gasteiger partial charge on any atom is 0.345 e. The van der Waals surface area contributed by atoms with Gasteiger partial charge >= 0.3 is 11.9 Å². The molecule has 0 amide bonds. The Bertz CT molecular complexity index is 677. The fraction of sp³-hybridized carbons (Fsp3) is 0.588. The minimum atomic E-state index is -0.295. The van der Waals surface area contributed by atoms with Crippen molar-refractivity contribution in [3.63, 3.8) is 0 Å².